The van der Waals surface area contributed by atoms with Crippen LogP contribution in [0.1, 0.15) is 12.6 Å². The second kappa shape index (κ2) is 11.7. The predicted octanol–water partition coefficient (Wildman–Crippen LogP) is 7.50. The fourth-order valence-corrected chi connectivity index (χ4v) is 5.14. The molecule has 1 heterocycles. The zero-order valence-electron chi connectivity index (χ0n) is 21.0. The summed E-state index contributed by atoms with van der Waals surface area (Å²) in [6, 6.07) is 33.4. The van der Waals surface area contributed by atoms with Crippen LogP contribution >= 0.6 is 11.8 Å². The van der Waals surface area contributed by atoms with Crippen molar-refractivity contribution in [1.82, 2.24) is 4.57 Å². The molecule has 1 aromatic heterocycles. The third kappa shape index (κ3) is 6.00. The van der Waals surface area contributed by atoms with Crippen molar-refractivity contribution < 1.29 is 14.5 Å². The van der Waals surface area contributed by atoms with Crippen molar-refractivity contribution in [3.63, 3.8) is 0 Å². The quantitative estimate of drug-likeness (QED) is 0.0578. The molecule has 0 amide bonds. The maximum atomic E-state index is 12.4. The van der Waals surface area contributed by atoms with Gasteiger partial charge in [-0.2, -0.15) is 0 Å². The van der Waals surface area contributed by atoms with E-state index in [0.29, 0.717) is 27.5 Å². The van der Waals surface area contributed by atoms with Gasteiger partial charge in [0.1, 0.15) is 11.4 Å². The lowest BCUT2D eigenvalue weighted by Gasteiger charge is -2.13. The SMILES string of the molecule is CC(=O)Oc1ccc2c([N+](=O)[O-])c(CSC(=Nc3ccccc3)Nc3ccccc3)n(-c3ccccc3)c2c1. The van der Waals surface area contributed by atoms with Crippen LogP contribution in [0, 0.1) is 10.1 Å². The lowest BCUT2D eigenvalue weighted by atomic mass is 10.2. The molecule has 39 heavy (non-hydrogen) atoms. The Kier molecular flexibility index (Phi) is 7.70. The van der Waals surface area contributed by atoms with E-state index in [-0.39, 0.29) is 16.4 Å². The number of aliphatic imine (C=N–C) groups is 1. The van der Waals surface area contributed by atoms with E-state index in [1.54, 1.807) is 18.2 Å². The van der Waals surface area contributed by atoms with E-state index in [2.05, 4.69) is 5.32 Å². The Morgan fingerprint density at radius 2 is 1.59 bits per heavy atom. The van der Waals surface area contributed by atoms with Gasteiger partial charge in [0, 0.05) is 30.1 Å². The number of amidine groups is 1. The van der Waals surface area contributed by atoms with Gasteiger partial charge in [-0.25, -0.2) is 4.99 Å². The monoisotopic (exact) mass is 536 g/mol. The zero-order valence-corrected chi connectivity index (χ0v) is 21.8. The van der Waals surface area contributed by atoms with Crippen LogP contribution in [-0.2, 0) is 10.5 Å². The Morgan fingerprint density at radius 3 is 2.23 bits per heavy atom. The standard InChI is InChI=1S/C30H24N4O4S/c1-21(35)38-25-17-18-26-27(19-25)33(24-15-9-4-10-16-24)28(29(26)34(36)37)20-39-30(31-22-11-5-2-6-12-22)32-23-13-7-3-8-14-23/h2-19H,20H2,1H3,(H,31,32). The number of aromatic nitrogens is 1. The van der Waals surface area contributed by atoms with Crippen molar-refractivity contribution in [2.75, 3.05) is 5.32 Å². The van der Waals surface area contributed by atoms with Crippen LogP contribution in [0.25, 0.3) is 16.6 Å². The molecular weight excluding hydrogens is 512 g/mol. The summed E-state index contributed by atoms with van der Waals surface area (Å²) in [6.45, 7) is 1.32. The summed E-state index contributed by atoms with van der Waals surface area (Å²) in [7, 11) is 0. The second-order valence-corrected chi connectivity index (χ2v) is 9.49. The molecule has 0 radical (unpaired) electrons. The van der Waals surface area contributed by atoms with Crippen LogP contribution in [-0.4, -0.2) is 20.6 Å². The van der Waals surface area contributed by atoms with Crippen molar-refractivity contribution in [1.29, 1.82) is 0 Å². The minimum Gasteiger partial charge on any atom is -0.427 e. The summed E-state index contributed by atoms with van der Waals surface area (Å²) in [6.07, 6.45) is 0. The van der Waals surface area contributed by atoms with Gasteiger partial charge in [-0.05, 0) is 48.5 Å². The Bertz CT molecular complexity index is 1650. The Morgan fingerprint density at radius 1 is 0.949 bits per heavy atom. The molecule has 0 unspecified atom stereocenters. The minimum absolute atomic E-state index is 0.00509. The average molecular weight is 537 g/mol. The van der Waals surface area contributed by atoms with Crippen molar-refractivity contribution in [3.05, 3.63) is 125 Å². The molecule has 0 spiro atoms. The first-order chi connectivity index (χ1) is 19.0. The summed E-state index contributed by atoms with van der Waals surface area (Å²) in [4.78, 5) is 28.4. The highest BCUT2D eigenvalue weighted by Crippen LogP contribution is 2.39. The van der Waals surface area contributed by atoms with Crippen LogP contribution in [0.5, 0.6) is 5.75 Å². The number of para-hydroxylation sites is 3. The number of nitrogens with zero attached hydrogens (tertiary/aromatic N) is 3. The number of thioether (sulfide) groups is 1. The maximum absolute atomic E-state index is 12.4. The van der Waals surface area contributed by atoms with Crippen molar-refractivity contribution in [2.45, 2.75) is 12.7 Å². The molecule has 0 aliphatic rings. The van der Waals surface area contributed by atoms with E-state index in [9.17, 15) is 14.9 Å². The molecule has 0 saturated heterocycles. The second-order valence-electron chi connectivity index (χ2n) is 8.53. The van der Waals surface area contributed by atoms with Crippen LogP contribution in [0.2, 0.25) is 0 Å². The van der Waals surface area contributed by atoms with Crippen LogP contribution < -0.4 is 10.1 Å². The van der Waals surface area contributed by atoms with E-state index in [1.807, 2.05) is 95.6 Å². The highest BCUT2D eigenvalue weighted by atomic mass is 32.2. The molecule has 8 nitrogen and oxygen atoms in total. The summed E-state index contributed by atoms with van der Waals surface area (Å²) < 4.78 is 7.14. The first kappa shape index (κ1) is 25.7. The molecule has 4 aromatic carbocycles. The van der Waals surface area contributed by atoms with Gasteiger partial charge in [0.2, 0.25) is 0 Å². The molecule has 1 N–H and O–H groups in total. The Labute approximate surface area is 229 Å². The summed E-state index contributed by atoms with van der Waals surface area (Å²) in [5, 5.41) is 16.8. The number of rotatable bonds is 7. The molecular formula is C30H24N4O4S. The molecule has 0 bridgehead atoms. The van der Waals surface area contributed by atoms with Gasteiger partial charge in [0.15, 0.2) is 5.17 Å². The molecule has 5 rings (SSSR count). The number of anilines is 1. The highest BCUT2D eigenvalue weighted by molar-refractivity contribution is 8.13. The smallest absolute Gasteiger partial charge is 0.308 e. The van der Waals surface area contributed by atoms with Gasteiger partial charge in [-0.15, -0.1) is 0 Å². The van der Waals surface area contributed by atoms with E-state index in [0.717, 1.165) is 17.1 Å². The molecule has 0 fully saturated rings. The number of esters is 1. The first-order valence-corrected chi connectivity index (χ1v) is 13.1. The number of hydrogen-bond acceptors (Lipinski definition) is 6. The number of ether oxygens (including phenoxy) is 1. The van der Waals surface area contributed by atoms with Gasteiger partial charge in [-0.3, -0.25) is 14.9 Å². The number of fused-ring (bicyclic) bond motifs is 1. The van der Waals surface area contributed by atoms with Crippen LogP contribution in [0.4, 0.5) is 17.1 Å². The van der Waals surface area contributed by atoms with Gasteiger partial charge in [0.05, 0.1) is 21.5 Å². The highest BCUT2D eigenvalue weighted by Gasteiger charge is 2.28. The van der Waals surface area contributed by atoms with Crippen molar-refractivity contribution in [3.8, 4) is 11.4 Å². The number of benzene rings is 4. The number of carbonyl (C=O) groups is 1. The molecule has 0 aliphatic carbocycles. The number of carbonyl (C=O) groups excluding carboxylic acids is 1. The zero-order chi connectivity index (χ0) is 27.2. The van der Waals surface area contributed by atoms with Gasteiger partial charge < -0.3 is 14.6 Å². The van der Waals surface area contributed by atoms with Crippen LogP contribution in [0.3, 0.4) is 0 Å². The largest absolute Gasteiger partial charge is 0.427 e. The fraction of sp³-hybridized carbons (Fsp3) is 0.0667. The Balaban J connectivity index is 1.62. The van der Waals surface area contributed by atoms with Crippen molar-refractivity contribution in [2.24, 2.45) is 4.99 Å². The van der Waals surface area contributed by atoms with Gasteiger partial charge in [0.25, 0.3) is 5.69 Å². The lowest BCUT2D eigenvalue weighted by molar-refractivity contribution is -0.383. The summed E-state index contributed by atoms with van der Waals surface area (Å²) >= 11 is 1.36. The number of nitrogens with one attached hydrogen (secondary N) is 1. The number of hydrogen-bond donors (Lipinski definition) is 1. The average Bonchev–Trinajstić information content (AvgIpc) is 3.26. The molecule has 194 valence electrons. The maximum Gasteiger partial charge on any atom is 0.308 e. The number of nitro groups is 1. The lowest BCUT2D eigenvalue weighted by Crippen LogP contribution is -2.09. The normalized spacial score (nSPS) is 11.4. The third-order valence-electron chi connectivity index (χ3n) is 5.82. The predicted molar refractivity (Wildman–Crippen MR) is 156 cm³/mol. The molecule has 0 saturated carbocycles. The van der Waals surface area contributed by atoms with Gasteiger partial charge >= 0.3 is 5.97 Å². The van der Waals surface area contributed by atoms with Crippen LogP contribution in [0.15, 0.2) is 114 Å². The fourth-order valence-electron chi connectivity index (χ4n) is 4.24. The first-order valence-electron chi connectivity index (χ1n) is 12.1. The molecule has 9 heteroatoms. The Hall–Kier alpha value is -4.89. The van der Waals surface area contributed by atoms with Gasteiger partial charge in [-0.1, -0.05) is 66.4 Å². The van der Waals surface area contributed by atoms with E-state index >= 15 is 0 Å². The van der Waals surface area contributed by atoms with Crippen molar-refractivity contribution >= 4 is 50.9 Å². The molecule has 5 aromatic rings. The van der Waals surface area contributed by atoms with E-state index < -0.39 is 5.97 Å². The van der Waals surface area contributed by atoms with E-state index in [1.165, 1.54) is 18.7 Å². The molecule has 0 atom stereocenters. The topological polar surface area (TPSA) is 98.8 Å². The third-order valence-corrected chi connectivity index (χ3v) is 6.71. The summed E-state index contributed by atoms with van der Waals surface area (Å²) in [5.74, 6) is 0.0935. The minimum atomic E-state index is -0.466. The summed E-state index contributed by atoms with van der Waals surface area (Å²) in [5.41, 5.74) is 3.41. The molecule has 0 aliphatic heterocycles. The van der Waals surface area contributed by atoms with E-state index in [4.69, 9.17) is 9.73 Å².